The second kappa shape index (κ2) is 8.19. The Morgan fingerprint density at radius 3 is 2.25 bits per heavy atom. The number of para-hydroxylation sites is 1. The molecule has 4 nitrogen and oxygen atoms in total. The molecule has 1 aliphatic heterocycles. The van der Waals surface area contributed by atoms with Crippen molar-refractivity contribution >= 4 is 34.8 Å². The zero-order valence-electron chi connectivity index (χ0n) is 15.0. The van der Waals surface area contributed by atoms with E-state index in [1.807, 2.05) is 66.7 Å². The van der Waals surface area contributed by atoms with Crippen LogP contribution in [0.5, 0.6) is 11.5 Å². The first-order valence-corrected chi connectivity index (χ1v) is 9.30. The molecule has 0 radical (unpaired) electrons. The molecule has 140 valence electrons. The lowest BCUT2D eigenvalue weighted by Crippen LogP contribution is -2.08. The van der Waals surface area contributed by atoms with Crippen molar-refractivity contribution in [2.24, 2.45) is 0 Å². The fourth-order valence-electron chi connectivity index (χ4n) is 2.97. The number of nitrogens with one attached hydrogen (secondary N) is 1. The first kappa shape index (κ1) is 18.1. The highest BCUT2D eigenvalue weighted by molar-refractivity contribution is 6.36. The molecule has 5 heteroatoms. The number of benzene rings is 3. The third kappa shape index (κ3) is 4.18. The zero-order chi connectivity index (χ0) is 19.3. The van der Waals surface area contributed by atoms with E-state index >= 15 is 0 Å². The molecule has 0 unspecified atom stereocenters. The third-order valence-electron chi connectivity index (χ3n) is 4.32. The van der Waals surface area contributed by atoms with Crippen molar-refractivity contribution in [3.8, 4) is 11.5 Å². The van der Waals surface area contributed by atoms with E-state index in [9.17, 15) is 4.79 Å². The van der Waals surface area contributed by atoms with Gasteiger partial charge in [-0.1, -0.05) is 48.0 Å². The van der Waals surface area contributed by atoms with Crippen molar-refractivity contribution < 1.29 is 14.3 Å². The van der Waals surface area contributed by atoms with Crippen LogP contribution in [-0.4, -0.2) is 19.1 Å². The number of anilines is 1. The molecule has 4 rings (SSSR count). The largest absolute Gasteiger partial charge is 0.490 e. The number of carbonyl (C=O) groups excluding carboxylic acids is 1. The molecular formula is C23H18ClNO3. The SMILES string of the molecule is O=C1Nc2cc(Cl)ccc2/C1=C\c1ccc(OCCOc2ccccc2)cc1. The fourth-order valence-corrected chi connectivity index (χ4v) is 3.14. The summed E-state index contributed by atoms with van der Waals surface area (Å²) < 4.78 is 11.3. The van der Waals surface area contributed by atoms with E-state index < -0.39 is 0 Å². The maximum atomic E-state index is 12.2. The molecular weight excluding hydrogens is 374 g/mol. The molecule has 1 amide bonds. The predicted molar refractivity (Wildman–Crippen MR) is 112 cm³/mol. The van der Waals surface area contributed by atoms with Gasteiger partial charge in [0.05, 0.1) is 5.69 Å². The molecule has 0 fully saturated rings. The number of carbonyl (C=O) groups is 1. The number of halogens is 1. The number of amides is 1. The summed E-state index contributed by atoms with van der Waals surface area (Å²) in [6.07, 6.45) is 1.86. The van der Waals surface area contributed by atoms with Gasteiger partial charge in [-0.25, -0.2) is 0 Å². The minimum absolute atomic E-state index is 0.129. The van der Waals surface area contributed by atoms with Gasteiger partial charge in [-0.2, -0.15) is 0 Å². The van der Waals surface area contributed by atoms with Crippen LogP contribution in [0, 0.1) is 0 Å². The lowest BCUT2D eigenvalue weighted by molar-refractivity contribution is -0.110. The van der Waals surface area contributed by atoms with Crippen molar-refractivity contribution in [3.63, 3.8) is 0 Å². The molecule has 1 N–H and O–H groups in total. The number of ether oxygens (including phenoxy) is 2. The van der Waals surface area contributed by atoms with Crippen LogP contribution in [0.15, 0.2) is 72.8 Å². The van der Waals surface area contributed by atoms with Crippen LogP contribution >= 0.6 is 11.6 Å². The lowest BCUT2D eigenvalue weighted by Gasteiger charge is -2.08. The molecule has 0 aromatic heterocycles. The standard InChI is InChI=1S/C23H18ClNO3/c24-17-8-11-20-21(23(26)25-22(20)15-17)14-16-6-9-19(10-7-16)28-13-12-27-18-4-2-1-3-5-18/h1-11,14-15H,12-13H2,(H,25,26)/b21-14+. The summed E-state index contributed by atoms with van der Waals surface area (Å²) in [6, 6.07) is 22.6. The van der Waals surface area contributed by atoms with Gasteiger partial charge in [0.25, 0.3) is 5.91 Å². The summed E-state index contributed by atoms with van der Waals surface area (Å²) in [5, 5.41) is 3.43. The Balaban J connectivity index is 1.37. The Hall–Kier alpha value is -3.24. The Morgan fingerprint density at radius 1 is 0.857 bits per heavy atom. The van der Waals surface area contributed by atoms with Crippen LogP contribution in [0.25, 0.3) is 11.6 Å². The van der Waals surface area contributed by atoms with Gasteiger partial charge < -0.3 is 14.8 Å². The lowest BCUT2D eigenvalue weighted by atomic mass is 10.0. The van der Waals surface area contributed by atoms with Gasteiger partial charge in [-0.05, 0) is 48.0 Å². The maximum absolute atomic E-state index is 12.2. The monoisotopic (exact) mass is 391 g/mol. The molecule has 28 heavy (non-hydrogen) atoms. The van der Waals surface area contributed by atoms with E-state index in [4.69, 9.17) is 21.1 Å². The second-order valence-corrected chi connectivity index (χ2v) is 6.72. The molecule has 0 atom stereocenters. The number of fused-ring (bicyclic) bond motifs is 1. The van der Waals surface area contributed by atoms with Crippen LogP contribution in [0.1, 0.15) is 11.1 Å². The quantitative estimate of drug-likeness (QED) is 0.458. The Bertz CT molecular complexity index is 1010. The Morgan fingerprint density at radius 2 is 1.54 bits per heavy atom. The van der Waals surface area contributed by atoms with Gasteiger partial charge in [0, 0.05) is 16.2 Å². The van der Waals surface area contributed by atoms with E-state index in [-0.39, 0.29) is 5.91 Å². The topological polar surface area (TPSA) is 47.6 Å². The van der Waals surface area contributed by atoms with E-state index in [0.29, 0.717) is 23.8 Å². The number of rotatable bonds is 6. The molecule has 3 aromatic rings. The molecule has 0 aliphatic carbocycles. The van der Waals surface area contributed by atoms with Crippen LogP contribution in [0.3, 0.4) is 0 Å². The van der Waals surface area contributed by atoms with Gasteiger partial charge in [0.1, 0.15) is 24.7 Å². The highest BCUT2D eigenvalue weighted by Crippen LogP contribution is 2.35. The number of hydrogen-bond acceptors (Lipinski definition) is 3. The molecule has 0 spiro atoms. The highest BCUT2D eigenvalue weighted by Gasteiger charge is 2.23. The first-order valence-electron chi connectivity index (χ1n) is 8.93. The average molecular weight is 392 g/mol. The molecule has 3 aromatic carbocycles. The molecule has 0 saturated carbocycles. The van der Waals surface area contributed by atoms with Crippen molar-refractivity contribution in [3.05, 3.63) is 88.9 Å². The maximum Gasteiger partial charge on any atom is 0.256 e. The van der Waals surface area contributed by atoms with E-state index in [1.165, 1.54) is 0 Å². The molecule has 1 heterocycles. The van der Waals surface area contributed by atoms with Crippen LogP contribution < -0.4 is 14.8 Å². The van der Waals surface area contributed by atoms with Crippen LogP contribution in [0.2, 0.25) is 5.02 Å². The molecule has 0 saturated heterocycles. The minimum atomic E-state index is -0.129. The smallest absolute Gasteiger partial charge is 0.256 e. The fraction of sp³-hybridized carbons (Fsp3) is 0.0870. The van der Waals surface area contributed by atoms with E-state index in [0.717, 1.165) is 28.3 Å². The predicted octanol–water partition coefficient (Wildman–Crippen LogP) is 5.29. The normalized spacial score (nSPS) is 13.9. The Kier molecular flexibility index (Phi) is 5.31. The van der Waals surface area contributed by atoms with Gasteiger partial charge in [0.15, 0.2) is 0 Å². The summed E-state index contributed by atoms with van der Waals surface area (Å²) >= 11 is 5.99. The highest BCUT2D eigenvalue weighted by atomic mass is 35.5. The second-order valence-electron chi connectivity index (χ2n) is 6.28. The number of hydrogen-bond donors (Lipinski definition) is 1. The molecule has 1 aliphatic rings. The van der Waals surface area contributed by atoms with Crippen molar-refractivity contribution in [1.29, 1.82) is 0 Å². The van der Waals surface area contributed by atoms with Crippen molar-refractivity contribution in [1.82, 2.24) is 0 Å². The summed E-state index contributed by atoms with van der Waals surface area (Å²) in [6.45, 7) is 0.918. The molecule has 0 bridgehead atoms. The minimum Gasteiger partial charge on any atom is -0.490 e. The van der Waals surface area contributed by atoms with Crippen molar-refractivity contribution in [2.45, 2.75) is 0 Å². The van der Waals surface area contributed by atoms with Gasteiger partial charge in [0.2, 0.25) is 0 Å². The van der Waals surface area contributed by atoms with Gasteiger partial charge in [-0.15, -0.1) is 0 Å². The third-order valence-corrected chi connectivity index (χ3v) is 4.55. The first-order chi connectivity index (χ1) is 13.7. The Labute approximate surface area is 168 Å². The van der Waals surface area contributed by atoms with Crippen LogP contribution in [0.4, 0.5) is 5.69 Å². The average Bonchev–Trinajstić information content (AvgIpc) is 3.01. The van der Waals surface area contributed by atoms with E-state index in [2.05, 4.69) is 5.32 Å². The van der Waals surface area contributed by atoms with Gasteiger partial charge >= 0.3 is 0 Å². The summed E-state index contributed by atoms with van der Waals surface area (Å²) in [5.74, 6) is 1.45. The van der Waals surface area contributed by atoms with Crippen LogP contribution in [-0.2, 0) is 4.79 Å². The van der Waals surface area contributed by atoms with Gasteiger partial charge in [-0.3, -0.25) is 4.79 Å². The summed E-state index contributed by atoms with van der Waals surface area (Å²) in [4.78, 5) is 12.2. The van der Waals surface area contributed by atoms with Crippen molar-refractivity contribution in [2.75, 3.05) is 18.5 Å². The van der Waals surface area contributed by atoms with E-state index in [1.54, 1.807) is 12.1 Å². The zero-order valence-corrected chi connectivity index (χ0v) is 15.8. The summed E-state index contributed by atoms with van der Waals surface area (Å²) in [5.41, 5.74) is 3.13. The summed E-state index contributed by atoms with van der Waals surface area (Å²) in [7, 11) is 0.